The summed E-state index contributed by atoms with van der Waals surface area (Å²) in [6.45, 7) is 1.56. The van der Waals surface area contributed by atoms with Crippen molar-refractivity contribution in [1.82, 2.24) is 4.72 Å². The molecule has 0 aliphatic carbocycles. The van der Waals surface area contributed by atoms with Gasteiger partial charge < -0.3 is 9.84 Å². The van der Waals surface area contributed by atoms with Crippen molar-refractivity contribution in [2.24, 2.45) is 0 Å². The first-order chi connectivity index (χ1) is 6.91. The van der Waals surface area contributed by atoms with E-state index in [-0.39, 0.29) is 24.8 Å². The molecule has 15 heavy (non-hydrogen) atoms. The van der Waals surface area contributed by atoms with E-state index in [0.717, 1.165) is 0 Å². The minimum atomic E-state index is -3.47. The van der Waals surface area contributed by atoms with Gasteiger partial charge in [-0.05, 0) is 13.3 Å². The van der Waals surface area contributed by atoms with Crippen molar-refractivity contribution >= 4 is 16.0 Å². The number of nitrogens with one attached hydrogen (secondary N) is 1. The Kier molecular flexibility index (Phi) is 6.46. The molecule has 0 radical (unpaired) electrons. The lowest BCUT2D eigenvalue weighted by Crippen LogP contribution is -2.35. The zero-order valence-electron chi connectivity index (χ0n) is 8.89. The first-order valence-corrected chi connectivity index (χ1v) is 6.24. The number of methoxy groups -OCH3 is 1. The Balaban J connectivity index is 4.02. The van der Waals surface area contributed by atoms with Gasteiger partial charge in [-0.2, -0.15) is 0 Å². The Morgan fingerprint density at radius 2 is 2.13 bits per heavy atom. The molecule has 0 aliphatic rings. The van der Waals surface area contributed by atoms with Gasteiger partial charge in [-0.25, -0.2) is 13.1 Å². The molecule has 1 unspecified atom stereocenters. The van der Waals surface area contributed by atoms with E-state index in [1.807, 2.05) is 0 Å². The van der Waals surface area contributed by atoms with Crippen LogP contribution in [-0.2, 0) is 19.6 Å². The van der Waals surface area contributed by atoms with E-state index in [1.165, 1.54) is 7.11 Å². The van der Waals surface area contributed by atoms with E-state index in [1.54, 1.807) is 6.92 Å². The number of hydrogen-bond acceptors (Lipinski definition) is 5. The number of ether oxygens (including phenoxy) is 1. The number of sulfonamides is 1. The first-order valence-electron chi connectivity index (χ1n) is 4.59. The van der Waals surface area contributed by atoms with Gasteiger partial charge in [0.15, 0.2) is 0 Å². The molecule has 0 aromatic heterocycles. The predicted octanol–water partition coefficient (Wildman–Crippen LogP) is -0.760. The molecule has 1 atom stereocenters. The molecule has 7 heteroatoms. The number of aliphatic hydroxyl groups excluding tert-OH is 1. The second-order valence-electron chi connectivity index (χ2n) is 3.18. The van der Waals surface area contributed by atoms with Gasteiger partial charge in [-0.3, -0.25) is 4.79 Å². The number of hydrogen-bond donors (Lipinski definition) is 2. The summed E-state index contributed by atoms with van der Waals surface area (Å²) in [6, 6.07) is -0.336. The van der Waals surface area contributed by atoms with Crippen LogP contribution in [0.4, 0.5) is 0 Å². The van der Waals surface area contributed by atoms with Crippen molar-refractivity contribution in [3.63, 3.8) is 0 Å². The molecule has 6 nitrogen and oxygen atoms in total. The average molecular weight is 239 g/mol. The Morgan fingerprint density at radius 3 is 2.60 bits per heavy atom. The Morgan fingerprint density at radius 1 is 1.53 bits per heavy atom. The highest BCUT2D eigenvalue weighted by molar-refractivity contribution is 7.89. The summed E-state index contributed by atoms with van der Waals surface area (Å²) in [5.74, 6) is -0.856. The van der Waals surface area contributed by atoms with Crippen molar-refractivity contribution in [2.75, 3.05) is 19.5 Å². The van der Waals surface area contributed by atoms with E-state index in [2.05, 4.69) is 9.46 Å². The molecule has 0 aromatic carbocycles. The normalized spacial score (nSPS) is 13.5. The van der Waals surface area contributed by atoms with Crippen LogP contribution in [0, 0.1) is 0 Å². The second-order valence-corrected chi connectivity index (χ2v) is 5.05. The van der Waals surface area contributed by atoms with Crippen molar-refractivity contribution < 1.29 is 23.1 Å². The Labute approximate surface area is 89.7 Å². The Hall–Kier alpha value is -0.660. The molecule has 0 saturated heterocycles. The van der Waals surface area contributed by atoms with Crippen molar-refractivity contribution in [3.8, 4) is 0 Å². The molecule has 2 N–H and O–H groups in total. The highest BCUT2D eigenvalue weighted by Crippen LogP contribution is 1.97. The van der Waals surface area contributed by atoms with Gasteiger partial charge in [0.05, 0.1) is 19.3 Å². The zero-order valence-corrected chi connectivity index (χ0v) is 9.71. The summed E-state index contributed by atoms with van der Waals surface area (Å²) in [4.78, 5) is 10.7. The monoisotopic (exact) mass is 239 g/mol. The van der Waals surface area contributed by atoms with E-state index >= 15 is 0 Å². The van der Waals surface area contributed by atoms with Gasteiger partial charge in [0.1, 0.15) is 0 Å². The molecule has 0 bridgehead atoms. The fourth-order valence-corrected chi connectivity index (χ4v) is 2.22. The van der Waals surface area contributed by atoms with Crippen LogP contribution in [0.2, 0.25) is 0 Å². The molecular weight excluding hydrogens is 222 g/mol. The maximum atomic E-state index is 11.3. The lowest BCUT2D eigenvalue weighted by molar-refractivity contribution is -0.140. The lowest BCUT2D eigenvalue weighted by Gasteiger charge is -2.12. The summed E-state index contributed by atoms with van der Waals surface area (Å²) >= 11 is 0. The number of esters is 1. The number of aliphatic hydroxyl groups is 1. The third-order valence-corrected chi connectivity index (χ3v) is 3.25. The highest BCUT2D eigenvalue weighted by atomic mass is 32.2. The molecule has 0 heterocycles. The van der Waals surface area contributed by atoms with Crippen LogP contribution in [-0.4, -0.2) is 45.0 Å². The van der Waals surface area contributed by atoms with E-state index in [9.17, 15) is 13.2 Å². The number of carbonyl (C=O) groups is 1. The van der Waals surface area contributed by atoms with Crippen LogP contribution in [0.15, 0.2) is 0 Å². The fourth-order valence-electron chi connectivity index (χ4n) is 0.938. The molecule has 0 fully saturated rings. The van der Waals surface area contributed by atoms with Crippen LogP contribution in [0.3, 0.4) is 0 Å². The Bertz CT molecular complexity index is 287. The molecule has 0 amide bonds. The second kappa shape index (κ2) is 6.76. The zero-order chi connectivity index (χ0) is 11.9. The average Bonchev–Trinajstić information content (AvgIpc) is 2.13. The maximum absolute atomic E-state index is 11.3. The van der Waals surface area contributed by atoms with Gasteiger partial charge in [-0.1, -0.05) is 0 Å². The topological polar surface area (TPSA) is 92.7 Å². The van der Waals surface area contributed by atoms with Crippen LogP contribution in [0.25, 0.3) is 0 Å². The SMILES string of the molecule is COC(=O)CCS(=O)(=O)NC(C)CCO. The summed E-state index contributed by atoms with van der Waals surface area (Å²) in [5.41, 5.74) is 0. The summed E-state index contributed by atoms with van der Waals surface area (Å²) in [6.07, 6.45) is 0.176. The van der Waals surface area contributed by atoms with Crippen LogP contribution < -0.4 is 4.72 Å². The molecule has 90 valence electrons. The maximum Gasteiger partial charge on any atom is 0.306 e. The van der Waals surface area contributed by atoms with E-state index in [4.69, 9.17) is 5.11 Å². The van der Waals surface area contributed by atoms with Gasteiger partial charge >= 0.3 is 5.97 Å². The molecular formula is C8H17NO5S. The van der Waals surface area contributed by atoms with Crippen molar-refractivity contribution in [2.45, 2.75) is 25.8 Å². The largest absolute Gasteiger partial charge is 0.469 e. The predicted molar refractivity (Wildman–Crippen MR) is 54.7 cm³/mol. The number of carbonyl (C=O) groups excluding carboxylic acids is 1. The summed E-state index contributed by atoms with van der Waals surface area (Å²) < 4.78 is 29.3. The lowest BCUT2D eigenvalue weighted by atomic mass is 10.3. The van der Waals surface area contributed by atoms with Crippen LogP contribution in [0.5, 0.6) is 0 Å². The minimum absolute atomic E-state index is 0.0827. The highest BCUT2D eigenvalue weighted by Gasteiger charge is 2.16. The van der Waals surface area contributed by atoms with E-state index in [0.29, 0.717) is 6.42 Å². The van der Waals surface area contributed by atoms with Crippen LogP contribution in [0.1, 0.15) is 19.8 Å². The summed E-state index contributed by atoms with van der Waals surface area (Å²) in [7, 11) is -2.26. The molecule has 0 aliphatic heterocycles. The molecule has 0 saturated carbocycles. The molecule has 0 aromatic rings. The molecule has 0 spiro atoms. The van der Waals surface area contributed by atoms with Crippen molar-refractivity contribution in [1.29, 1.82) is 0 Å². The third kappa shape index (κ3) is 7.29. The summed E-state index contributed by atoms with van der Waals surface area (Å²) in [5, 5.41) is 8.58. The van der Waals surface area contributed by atoms with Crippen molar-refractivity contribution in [3.05, 3.63) is 0 Å². The standard InChI is InChI=1S/C8H17NO5S/c1-7(3-5-10)9-15(12,13)6-4-8(11)14-2/h7,9-10H,3-6H2,1-2H3. The number of rotatable bonds is 7. The van der Waals surface area contributed by atoms with Gasteiger partial charge in [0.25, 0.3) is 0 Å². The minimum Gasteiger partial charge on any atom is -0.469 e. The third-order valence-electron chi connectivity index (χ3n) is 1.75. The van der Waals surface area contributed by atoms with Crippen LogP contribution >= 0.6 is 0 Å². The van der Waals surface area contributed by atoms with Gasteiger partial charge in [-0.15, -0.1) is 0 Å². The smallest absolute Gasteiger partial charge is 0.306 e. The fraction of sp³-hybridized carbons (Fsp3) is 0.875. The van der Waals surface area contributed by atoms with E-state index < -0.39 is 16.0 Å². The van der Waals surface area contributed by atoms with Gasteiger partial charge in [0, 0.05) is 12.6 Å². The van der Waals surface area contributed by atoms with Gasteiger partial charge in [0.2, 0.25) is 10.0 Å². The quantitative estimate of drug-likeness (QED) is 0.570. The molecule has 0 rings (SSSR count). The first kappa shape index (κ1) is 14.3.